The highest BCUT2D eigenvalue weighted by molar-refractivity contribution is 6.09. The number of carbonyl (C=O) groups excluding carboxylic acids is 3. The fourth-order valence-corrected chi connectivity index (χ4v) is 4.91. The second-order valence-corrected chi connectivity index (χ2v) is 7.87. The van der Waals surface area contributed by atoms with Gasteiger partial charge < -0.3 is 9.84 Å². The minimum atomic E-state index is -1.57. The molecule has 2 aromatic carbocycles. The standard InChI is InChI=1S/C23H23FN2O5/c1-3-26-20(28)17-18(21(26)29)23(22(30)31-2,12-13-8-10-14(27)11-9-13)25-19(17)15-6-4-5-7-16(15)24/h4-11,17-19,25,27H,3,12H2,1-2H3/t17-,18-,19+,23+/m0/s1. The summed E-state index contributed by atoms with van der Waals surface area (Å²) in [4.78, 5) is 40.7. The molecule has 7 nitrogen and oxygen atoms in total. The quantitative estimate of drug-likeness (QED) is 0.561. The van der Waals surface area contributed by atoms with Gasteiger partial charge in [-0.2, -0.15) is 0 Å². The molecular formula is C23H23FN2O5. The molecule has 0 aromatic heterocycles. The van der Waals surface area contributed by atoms with Crippen molar-refractivity contribution < 1.29 is 28.6 Å². The van der Waals surface area contributed by atoms with E-state index in [1.807, 2.05) is 0 Å². The van der Waals surface area contributed by atoms with Crippen molar-refractivity contribution >= 4 is 17.8 Å². The molecule has 2 N–H and O–H groups in total. The van der Waals surface area contributed by atoms with Gasteiger partial charge in [-0.05, 0) is 30.7 Å². The number of nitrogens with zero attached hydrogens (tertiary/aromatic N) is 1. The van der Waals surface area contributed by atoms with Gasteiger partial charge in [-0.1, -0.05) is 30.3 Å². The van der Waals surface area contributed by atoms with Crippen LogP contribution < -0.4 is 5.32 Å². The largest absolute Gasteiger partial charge is 0.508 e. The summed E-state index contributed by atoms with van der Waals surface area (Å²) < 4.78 is 19.8. The molecule has 162 valence electrons. The predicted octanol–water partition coefficient (Wildman–Crippen LogP) is 1.95. The van der Waals surface area contributed by atoms with Crippen molar-refractivity contribution in [1.29, 1.82) is 0 Å². The normalized spacial score (nSPS) is 27.5. The van der Waals surface area contributed by atoms with E-state index in [1.54, 1.807) is 31.2 Å². The molecule has 0 aliphatic carbocycles. The summed E-state index contributed by atoms with van der Waals surface area (Å²) in [5.41, 5.74) is -0.702. The molecule has 2 saturated heterocycles. The van der Waals surface area contributed by atoms with Gasteiger partial charge in [0.25, 0.3) is 0 Å². The minimum Gasteiger partial charge on any atom is -0.508 e. The van der Waals surface area contributed by atoms with E-state index < -0.39 is 47.0 Å². The van der Waals surface area contributed by atoms with Gasteiger partial charge in [-0.3, -0.25) is 24.6 Å². The van der Waals surface area contributed by atoms with Crippen molar-refractivity contribution in [2.24, 2.45) is 11.8 Å². The van der Waals surface area contributed by atoms with Gasteiger partial charge >= 0.3 is 5.97 Å². The first-order valence-corrected chi connectivity index (χ1v) is 10.1. The number of aromatic hydroxyl groups is 1. The Morgan fingerprint density at radius 1 is 1.16 bits per heavy atom. The van der Waals surface area contributed by atoms with Crippen LogP contribution in [0.3, 0.4) is 0 Å². The van der Waals surface area contributed by atoms with Crippen molar-refractivity contribution in [2.75, 3.05) is 13.7 Å². The highest BCUT2D eigenvalue weighted by Gasteiger charge is 2.68. The van der Waals surface area contributed by atoms with Gasteiger partial charge in [0.05, 0.1) is 18.9 Å². The van der Waals surface area contributed by atoms with Gasteiger partial charge in [0.2, 0.25) is 11.8 Å². The number of benzene rings is 2. The lowest BCUT2D eigenvalue weighted by molar-refractivity contribution is -0.154. The molecule has 2 aliphatic rings. The molecule has 2 aromatic rings. The summed E-state index contributed by atoms with van der Waals surface area (Å²) >= 11 is 0. The summed E-state index contributed by atoms with van der Waals surface area (Å²) in [5, 5.41) is 12.7. The molecule has 4 rings (SSSR count). The number of hydrogen-bond acceptors (Lipinski definition) is 6. The third kappa shape index (κ3) is 3.18. The number of methoxy groups -OCH3 is 1. The molecule has 2 aliphatic heterocycles. The number of imide groups is 1. The number of nitrogens with one attached hydrogen (secondary N) is 1. The molecule has 4 atom stereocenters. The molecule has 31 heavy (non-hydrogen) atoms. The average molecular weight is 426 g/mol. The first-order valence-electron chi connectivity index (χ1n) is 10.1. The maximum absolute atomic E-state index is 14.7. The number of phenols is 1. The lowest BCUT2D eigenvalue weighted by atomic mass is 9.76. The van der Waals surface area contributed by atoms with Crippen LogP contribution in [0.5, 0.6) is 5.75 Å². The zero-order valence-corrected chi connectivity index (χ0v) is 17.2. The van der Waals surface area contributed by atoms with E-state index >= 15 is 0 Å². The molecule has 8 heteroatoms. The van der Waals surface area contributed by atoms with Crippen molar-refractivity contribution in [3.8, 4) is 5.75 Å². The smallest absolute Gasteiger partial charge is 0.327 e. The zero-order valence-electron chi connectivity index (χ0n) is 17.2. The number of hydrogen-bond donors (Lipinski definition) is 2. The maximum atomic E-state index is 14.7. The van der Waals surface area contributed by atoms with Crippen LogP contribution in [0.25, 0.3) is 0 Å². The molecule has 0 saturated carbocycles. The van der Waals surface area contributed by atoms with Crippen molar-refractivity contribution in [2.45, 2.75) is 24.9 Å². The maximum Gasteiger partial charge on any atom is 0.327 e. The third-order valence-corrected chi connectivity index (χ3v) is 6.27. The van der Waals surface area contributed by atoms with Gasteiger partial charge in [-0.25, -0.2) is 4.39 Å². The van der Waals surface area contributed by atoms with Gasteiger partial charge in [0.1, 0.15) is 17.1 Å². The number of carbonyl (C=O) groups is 3. The third-order valence-electron chi connectivity index (χ3n) is 6.27. The van der Waals surface area contributed by atoms with E-state index in [2.05, 4.69) is 5.32 Å². The van der Waals surface area contributed by atoms with E-state index in [4.69, 9.17) is 4.74 Å². The molecule has 0 unspecified atom stereocenters. The number of ether oxygens (including phenoxy) is 1. The molecular weight excluding hydrogens is 403 g/mol. The summed E-state index contributed by atoms with van der Waals surface area (Å²) in [5.74, 6) is -4.08. The van der Waals surface area contributed by atoms with E-state index in [9.17, 15) is 23.9 Å². The molecule has 0 spiro atoms. The van der Waals surface area contributed by atoms with Crippen LogP contribution in [0.2, 0.25) is 0 Å². The Labute approximate surface area is 178 Å². The summed E-state index contributed by atoms with van der Waals surface area (Å²) in [6, 6.07) is 11.3. The SMILES string of the molecule is CCN1C(=O)[C@@H]2[C@@H](c3ccccc3F)N[C@@](Cc3ccc(O)cc3)(C(=O)OC)[C@@H]2C1=O. The van der Waals surface area contributed by atoms with Crippen LogP contribution in [0.1, 0.15) is 24.1 Å². The number of halogens is 1. The Bertz CT molecular complexity index is 1040. The van der Waals surface area contributed by atoms with E-state index in [-0.39, 0.29) is 24.3 Å². The summed E-state index contributed by atoms with van der Waals surface area (Å²) in [6.07, 6.45) is 0.0304. The van der Waals surface area contributed by atoms with Gasteiger partial charge in [0.15, 0.2) is 0 Å². The van der Waals surface area contributed by atoms with Crippen LogP contribution >= 0.6 is 0 Å². The fraction of sp³-hybridized carbons (Fsp3) is 0.348. The Morgan fingerprint density at radius 3 is 2.45 bits per heavy atom. The topological polar surface area (TPSA) is 95.9 Å². The molecule has 2 heterocycles. The van der Waals surface area contributed by atoms with Crippen molar-refractivity contribution in [3.63, 3.8) is 0 Å². The molecule has 2 amide bonds. The highest BCUT2D eigenvalue weighted by Crippen LogP contribution is 2.50. The molecule has 0 radical (unpaired) electrons. The Kier molecular flexibility index (Phi) is 5.26. The number of phenolic OH excluding ortho intramolecular Hbond substituents is 1. The van der Waals surface area contributed by atoms with Crippen LogP contribution in [-0.2, 0) is 25.5 Å². The predicted molar refractivity (Wildman–Crippen MR) is 108 cm³/mol. The second-order valence-electron chi connectivity index (χ2n) is 7.87. The lowest BCUT2D eigenvalue weighted by Crippen LogP contribution is -2.57. The Morgan fingerprint density at radius 2 is 1.84 bits per heavy atom. The van der Waals surface area contributed by atoms with E-state index in [0.29, 0.717) is 5.56 Å². The first kappa shape index (κ1) is 21.0. The highest BCUT2D eigenvalue weighted by atomic mass is 19.1. The zero-order chi connectivity index (χ0) is 22.3. The van der Waals surface area contributed by atoms with Gasteiger partial charge in [-0.15, -0.1) is 0 Å². The number of rotatable bonds is 5. The van der Waals surface area contributed by atoms with E-state index in [1.165, 1.54) is 31.4 Å². The summed E-state index contributed by atoms with van der Waals surface area (Å²) in [7, 11) is 1.22. The number of fused-ring (bicyclic) bond motifs is 1. The molecule has 0 bridgehead atoms. The number of esters is 1. The van der Waals surface area contributed by atoms with Crippen LogP contribution in [-0.4, -0.2) is 47.0 Å². The van der Waals surface area contributed by atoms with Crippen LogP contribution in [0, 0.1) is 17.7 Å². The van der Waals surface area contributed by atoms with Gasteiger partial charge in [0, 0.05) is 24.6 Å². The Balaban J connectivity index is 1.88. The minimum absolute atomic E-state index is 0.0304. The van der Waals surface area contributed by atoms with Crippen LogP contribution in [0.4, 0.5) is 4.39 Å². The fourth-order valence-electron chi connectivity index (χ4n) is 4.91. The van der Waals surface area contributed by atoms with Crippen molar-refractivity contribution in [3.05, 3.63) is 65.5 Å². The van der Waals surface area contributed by atoms with E-state index in [0.717, 1.165) is 4.90 Å². The lowest BCUT2D eigenvalue weighted by Gasteiger charge is -2.32. The first-order chi connectivity index (χ1) is 14.8. The number of likely N-dealkylation sites (tertiary alicyclic amines) is 1. The Hall–Kier alpha value is -3.26. The monoisotopic (exact) mass is 426 g/mol. The molecule has 2 fully saturated rings. The second kappa shape index (κ2) is 7.77. The average Bonchev–Trinajstić information content (AvgIpc) is 3.23. The van der Waals surface area contributed by atoms with Crippen molar-refractivity contribution in [1.82, 2.24) is 10.2 Å². The van der Waals surface area contributed by atoms with Crippen LogP contribution in [0.15, 0.2) is 48.5 Å². The summed E-state index contributed by atoms with van der Waals surface area (Å²) in [6.45, 7) is 1.84. The number of amides is 2.